The predicted molar refractivity (Wildman–Crippen MR) is 187 cm³/mol. The number of methoxy groups -OCH3 is 1. The highest BCUT2D eigenvalue weighted by Gasteiger charge is 2.26. The Bertz CT molecular complexity index is 2010. The smallest absolute Gasteiger partial charge is 0.263 e. The van der Waals surface area contributed by atoms with E-state index in [-0.39, 0.29) is 70.5 Å². The number of aromatic nitrogens is 4. The molecule has 0 atom stereocenters. The van der Waals surface area contributed by atoms with E-state index in [1.165, 1.54) is 31.6 Å². The summed E-state index contributed by atoms with van der Waals surface area (Å²) in [5, 5.41) is 2.95. The number of carbonyl (C=O) groups is 1. The fourth-order valence-electron chi connectivity index (χ4n) is 4.80. The van der Waals surface area contributed by atoms with Gasteiger partial charge in [0.2, 0.25) is 17.5 Å². The number of ether oxygens (including phenoxy) is 3. The molecular formula is C36H38N6O6S. The molecule has 0 spiro atoms. The summed E-state index contributed by atoms with van der Waals surface area (Å²) in [6.45, 7) is 8.01. The molecule has 49 heavy (non-hydrogen) atoms. The van der Waals surface area contributed by atoms with Crippen molar-refractivity contribution >= 4 is 27.4 Å². The van der Waals surface area contributed by atoms with Gasteiger partial charge in [0.25, 0.3) is 15.9 Å². The van der Waals surface area contributed by atoms with Gasteiger partial charge in [0.05, 0.1) is 25.0 Å². The highest BCUT2D eigenvalue weighted by Crippen LogP contribution is 2.41. The van der Waals surface area contributed by atoms with Crippen LogP contribution in [0.5, 0.6) is 23.1 Å². The van der Waals surface area contributed by atoms with Crippen molar-refractivity contribution in [3.8, 4) is 34.8 Å². The number of anilines is 2. The van der Waals surface area contributed by atoms with Crippen LogP contribution in [0.4, 0.5) is 11.5 Å². The largest absolute Gasteiger partial charge is 0.493 e. The molecule has 0 aliphatic carbocycles. The van der Waals surface area contributed by atoms with Crippen LogP contribution in [0.2, 0.25) is 0 Å². The van der Waals surface area contributed by atoms with E-state index in [9.17, 15) is 13.2 Å². The van der Waals surface area contributed by atoms with Gasteiger partial charge in [-0.25, -0.2) is 23.4 Å². The quantitative estimate of drug-likeness (QED) is 0.123. The normalized spacial score (nSPS) is 11.3. The standard InChI is InChI=1S/C36H38N6O6S/c1-23(2)25-15-17-26(18-16-25)49(44,45)42-33-32(48-30-14-9-8-13-29(30)46-5)36(41-35(40-33)34-37-20-10-21-38-34)47-22-19-31(43)39-28-12-7-6-11-27(28)24(3)4/h6-18,20-21,23-24H,19,22H2,1-5H3,(H,39,43)(H,40,41,42). The Morgan fingerprint density at radius 2 is 1.47 bits per heavy atom. The molecule has 0 radical (unpaired) electrons. The first-order valence-electron chi connectivity index (χ1n) is 15.7. The number of hydrogen-bond donors (Lipinski definition) is 2. The van der Waals surface area contributed by atoms with Crippen molar-refractivity contribution < 1.29 is 27.4 Å². The van der Waals surface area contributed by atoms with Gasteiger partial charge in [0, 0.05) is 18.1 Å². The lowest BCUT2D eigenvalue weighted by Crippen LogP contribution is -2.18. The van der Waals surface area contributed by atoms with Crippen LogP contribution in [0.25, 0.3) is 11.6 Å². The highest BCUT2D eigenvalue weighted by atomic mass is 32.2. The number of nitrogens with zero attached hydrogens (tertiary/aromatic N) is 4. The molecule has 2 aromatic heterocycles. The predicted octanol–water partition coefficient (Wildman–Crippen LogP) is 7.19. The molecule has 0 aliphatic heterocycles. The molecule has 0 bridgehead atoms. The van der Waals surface area contributed by atoms with E-state index in [2.05, 4.69) is 30.0 Å². The molecule has 1 amide bonds. The Labute approximate surface area is 286 Å². The lowest BCUT2D eigenvalue weighted by Gasteiger charge is -2.18. The lowest BCUT2D eigenvalue weighted by molar-refractivity contribution is -0.116. The van der Waals surface area contributed by atoms with Crippen LogP contribution in [0.1, 0.15) is 57.1 Å². The maximum absolute atomic E-state index is 13.7. The number of hydrogen-bond acceptors (Lipinski definition) is 10. The topological polar surface area (TPSA) is 155 Å². The van der Waals surface area contributed by atoms with E-state index < -0.39 is 10.0 Å². The molecule has 0 unspecified atom stereocenters. The molecule has 0 saturated heterocycles. The highest BCUT2D eigenvalue weighted by molar-refractivity contribution is 7.92. The first-order chi connectivity index (χ1) is 23.6. The number of amides is 1. The van der Waals surface area contributed by atoms with Crippen molar-refractivity contribution in [3.05, 3.63) is 102 Å². The average Bonchev–Trinajstić information content (AvgIpc) is 3.10. The van der Waals surface area contributed by atoms with E-state index in [0.717, 1.165) is 11.1 Å². The van der Waals surface area contributed by atoms with Gasteiger partial charge in [0.1, 0.15) is 0 Å². The molecule has 254 valence electrons. The maximum atomic E-state index is 13.7. The van der Waals surface area contributed by atoms with Crippen molar-refractivity contribution in [2.45, 2.75) is 50.8 Å². The number of sulfonamides is 1. The van der Waals surface area contributed by atoms with Gasteiger partial charge in [-0.15, -0.1) is 0 Å². The number of benzene rings is 3. The zero-order valence-corrected chi connectivity index (χ0v) is 28.7. The maximum Gasteiger partial charge on any atom is 0.263 e. The number of rotatable bonds is 14. The third-order valence-electron chi connectivity index (χ3n) is 7.39. The van der Waals surface area contributed by atoms with E-state index in [1.54, 1.807) is 42.5 Å². The molecule has 12 nitrogen and oxygen atoms in total. The minimum absolute atomic E-state index is 0.0112. The van der Waals surface area contributed by atoms with E-state index in [0.29, 0.717) is 11.4 Å². The van der Waals surface area contributed by atoms with Crippen LogP contribution in [-0.2, 0) is 14.8 Å². The summed E-state index contributed by atoms with van der Waals surface area (Å²) in [6.07, 6.45) is 2.96. The van der Waals surface area contributed by atoms with Crippen molar-refractivity contribution in [2.75, 3.05) is 23.8 Å². The second-order valence-electron chi connectivity index (χ2n) is 11.6. The zero-order chi connectivity index (χ0) is 35.0. The monoisotopic (exact) mass is 682 g/mol. The molecule has 5 aromatic rings. The molecule has 0 fully saturated rings. The van der Waals surface area contributed by atoms with Gasteiger partial charge in [-0.05, 0) is 59.4 Å². The Morgan fingerprint density at radius 3 is 2.14 bits per heavy atom. The second-order valence-corrected chi connectivity index (χ2v) is 13.3. The fraction of sp³-hybridized carbons (Fsp3) is 0.250. The van der Waals surface area contributed by atoms with Crippen LogP contribution in [-0.4, -0.2) is 48.0 Å². The van der Waals surface area contributed by atoms with Crippen molar-refractivity contribution in [2.24, 2.45) is 0 Å². The number of nitrogens with one attached hydrogen (secondary N) is 2. The van der Waals surface area contributed by atoms with Crippen LogP contribution >= 0.6 is 0 Å². The molecule has 5 rings (SSSR count). The first-order valence-corrected chi connectivity index (χ1v) is 17.2. The van der Waals surface area contributed by atoms with Crippen LogP contribution in [0.3, 0.4) is 0 Å². The summed E-state index contributed by atoms with van der Waals surface area (Å²) >= 11 is 0. The molecular weight excluding hydrogens is 644 g/mol. The van der Waals surface area contributed by atoms with E-state index in [4.69, 9.17) is 14.2 Å². The van der Waals surface area contributed by atoms with Gasteiger partial charge in [-0.1, -0.05) is 70.2 Å². The van der Waals surface area contributed by atoms with E-state index >= 15 is 0 Å². The Hall–Kier alpha value is -5.56. The molecule has 13 heteroatoms. The van der Waals surface area contributed by atoms with Gasteiger partial charge < -0.3 is 19.5 Å². The summed E-state index contributed by atoms with van der Waals surface area (Å²) in [6, 6.07) is 22.6. The van der Waals surface area contributed by atoms with Gasteiger partial charge in [-0.3, -0.25) is 9.52 Å². The second kappa shape index (κ2) is 15.6. The molecule has 0 saturated carbocycles. The van der Waals surface area contributed by atoms with Gasteiger partial charge >= 0.3 is 0 Å². The fourth-order valence-corrected chi connectivity index (χ4v) is 5.81. The Kier molecular flexibility index (Phi) is 11.0. The van der Waals surface area contributed by atoms with Crippen molar-refractivity contribution in [1.82, 2.24) is 19.9 Å². The average molecular weight is 683 g/mol. The SMILES string of the molecule is COc1ccccc1Oc1c(NS(=O)(=O)c2ccc(C(C)C)cc2)nc(-c2ncccn2)nc1OCCC(=O)Nc1ccccc1C(C)C. The molecule has 2 N–H and O–H groups in total. The van der Waals surface area contributed by atoms with Gasteiger partial charge in [-0.2, -0.15) is 4.98 Å². The van der Waals surface area contributed by atoms with Crippen LogP contribution < -0.4 is 24.2 Å². The summed E-state index contributed by atoms with van der Waals surface area (Å²) < 4.78 is 47.8. The van der Waals surface area contributed by atoms with E-state index in [1.807, 2.05) is 52.0 Å². The van der Waals surface area contributed by atoms with Crippen molar-refractivity contribution in [1.29, 1.82) is 0 Å². The summed E-state index contributed by atoms with van der Waals surface area (Å²) in [5.74, 6) is 0.284. The Balaban J connectivity index is 1.53. The zero-order valence-electron chi connectivity index (χ0n) is 27.9. The number of carbonyl (C=O) groups excluding carboxylic acids is 1. The summed E-state index contributed by atoms with van der Waals surface area (Å²) in [4.78, 5) is 30.5. The summed E-state index contributed by atoms with van der Waals surface area (Å²) in [5.41, 5.74) is 2.70. The number of para-hydroxylation sites is 3. The Morgan fingerprint density at radius 1 is 0.796 bits per heavy atom. The minimum Gasteiger partial charge on any atom is -0.493 e. The third kappa shape index (κ3) is 8.68. The molecule has 3 aromatic carbocycles. The molecule has 0 aliphatic rings. The van der Waals surface area contributed by atoms with Crippen molar-refractivity contribution in [3.63, 3.8) is 0 Å². The third-order valence-corrected chi connectivity index (χ3v) is 8.75. The lowest BCUT2D eigenvalue weighted by atomic mass is 10.0. The van der Waals surface area contributed by atoms with Crippen LogP contribution in [0, 0.1) is 0 Å². The molecule has 2 heterocycles. The minimum atomic E-state index is -4.19. The summed E-state index contributed by atoms with van der Waals surface area (Å²) in [7, 11) is -2.72. The first kappa shape index (κ1) is 34.8. The van der Waals surface area contributed by atoms with Gasteiger partial charge in [0.15, 0.2) is 23.1 Å². The van der Waals surface area contributed by atoms with Crippen LogP contribution in [0.15, 0.2) is 96.2 Å².